The van der Waals surface area contributed by atoms with Crippen LogP contribution in [0.3, 0.4) is 0 Å². The van der Waals surface area contributed by atoms with Crippen LogP contribution in [-0.2, 0) is 11.1 Å². The fraction of sp³-hybridized carbons (Fsp3) is 0.100. The summed E-state index contributed by atoms with van der Waals surface area (Å²) in [4.78, 5) is 8.73. The Hall–Kier alpha value is -3.43. The largest absolute Gasteiger partial charge is 0.772 e. The lowest BCUT2D eigenvalue weighted by atomic mass is 10.0. The van der Waals surface area contributed by atoms with E-state index in [4.69, 9.17) is 10.2 Å². The van der Waals surface area contributed by atoms with E-state index in [0.717, 1.165) is 5.56 Å². The molecule has 8 nitrogen and oxygen atoms in total. The van der Waals surface area contributed by atoms with Gasteiger partial charge in [0, 0.05) is 16.4 Å². The highest BCUT2D eigenvalue weighted by Crippen LogP contribution is 2.32. The fourth-order valence-electron chi connectivity index (χ4n) is 2.89. The van der Waals surface area contributed by atoms with Gasteiger partial charge in [-0.2, -0.15) is 0 Å². The second kappa shape index (κ2) is 7.90. The number of hydrogen-bond donors (Lipinski definition) is 1. The zero-order valence-corrected chi connectivity index (χ0v) is 16.2. The first-order valence-corrected chi connectivity index (χ1v) is 9.87. The molecular weight excluding hydrogens is 390 g/mol. The van der Waals surface area contributed by atoms with Crippen molar-refractivity contribution in [2.45, 2.75) is 12.2 Å². The van der Waals surface area contributed by atoms with Crippen LogP contribution < -0.4 is 5.73 Å². The first-order valence-electron chi connectivity index (χ1n) is 8.73. The molecule has 2 aromatic heterocycles. The van der Waals surface area contributed by atoms with Crippen molar-refractivity contribution in [3.63, 3.8) is 0 Å². The molecule has 2 unspecified atom stereocenters. The standard InChI is InChI=1S/C20H17N5O3S/c1-12(29(26)27)14-9-5-6-10-15(14)16-11-22-18(21)17(23-16)20-25-24-19(28-20)13-7-3-2-4-8-13/h2-12H,1H3,(H2,21,22)(H,26,27)/p-1. The van der Waals surface area contributed by atoms with Crippen LogP contribution in [0.5, 0.6) is 0 Å². The van der Waals surface area contributed by atoms with Crippen molar-refractivity contribution in [3.05, 3.63) is 66.4 Å². The highest BCUT2D eigenvalue weighted by atomic mass is 32.2. The molecule has 2 atom stereocenters. The van der Waals surface area contributed by atoms with E-state index in [1.54, 1.807) is 31.2 Å². The van der Waals surface area contributed by atoms with Crippen LogP contribution in [0, 0.1) is 0 Å². The summed E-state index contributed by atoms with van der Waals surface area (Å²) < 4.78 is 28.7. The van der Waals surface area contributed by atoms with E-state index in [1.165, 1.54) is 6.20 Å². The maximum absolute atomic E-state index is 11.5. The Morgan fingerprint density at radius 3 is 2.48 bits per heavy atom. The normalized spacial score (nSPS) is 13.2. The summed E-state index contributed by atoms with van der Waals surface area (Å²) in [6.07, 6.45) is 1.49. The minimum absolute atomic E-state index is 0.133. The molecule has 9 heteroatoms. The van der Waals surface area contributed by atoms with E-state index in [1.807, 2.05) is 30.3 Å². The zero-order chi connectivity index (χ0) is 20.4. The van der Waals surface area contributed by atoms with Gasteiger partial charge in [0.05, 0.1) is 11.9 Å². The average Bonchev–Trinajstić information content (AvgIpc) is 3.24. The lowest BCUT2D eigenvalue weighted by molar-refractivity contribution is 0.527. The van der Waals surface area contributed by atoms with E-state index in [2.05, 4.69) is 20.2 Å². The molecule has 0 aliphatic rings. The van der Waals surface area contributed by atoms with Gasteiger partial charge in [-0.15, -0.1) is 10.2 Å². The van der Waals surface area contributed by atoms with Gasteiger partial charge >= 0.3 is 0 Å². The molecule has 0 fully saturated rings. The lowest BCUT2D eigenvalue weighted by Crippen LogP contribution is -2.05. The number of aromatic nitrogens is 4. The molecule has 0 saturated heterocycles. The van der Waals surface area contributed by atoms with Crippen LogP contribution in [-0.4, -0.2) is 28.9 Å². The summed E-state index contributed by atoms with van der Waals surface area (Å²) in [5, 5.41) is 7.39. The van der Waals surface area contributed by atoms with Crippen LogP contribution in [0.2, 0.25) is 0 Å². The zero-order valence-electron chi connectivity index (χ0n) is 15.4. The predicted molar refractivity (Wildman–Crippen MR) is 108 cm³/mol. The summed E-state index contributed by atoms with van der Waals surface area (Å²) in [7, 11) is 0. The second-order valence-corrected chi connectivity index (χ2v) is 7.49. The SMILES string of the molecule is CC(c1ccccc1-c1cnc(N)c(-c2nnc(-c3ccccc3)o2)n1)S(=O)[O-]. The molecule has 146 valence electrons. The molecule has 4 aromatic rings. The van der Waals surface area contributed by atoms with E-state index < -0.39 is 16.3 Å². The van der Waals surface area contributed by atoms with Gasteiger partial charge in [0.25, 0.3) is 5.89 Å². The second-order valence-electron chi connectivity index (χ2n) is 6.26. The van der Waals surface area contributed by atoms with E-state index in [9.17, 15) is 8.76 Å². The van der Waals surface area contributed by atoms with Crippen molar-refractivity contribution < 1.29 is 13.2 Å². The van der Waals surface area contributed by atoms with E-state index >= 15 is 0 Å². The summed E-state index contributed by atoms with van der Waals surface area (Å²) in [6.45, 7) is 1.61. The number of benzene rings is 2. The number of anilines is 1. The molecule has 0 bridgehead atoms. The van der Waals surface area contributed by atoms with Crippen molar-refractivity contribution in [1.29, 1.82) is 0 Å². The van der Waals surface area contributed by atoms with Gasteiger partial charge in [-0.05, 0) is 35.7 Å². The number of nitrogen functional groups attached to an aromatic ring is 1. The third kappa shape index (κ3) is 3.78. The molecular formula is C20H16N5O3S-. The van der Waals surface area contributed by atoms with Crippen molar-refractivity contribution in [3.8, 4) is 34.3 Å². The molecule has 0 aliphatic heterocycles. The summed E-state index contributed by atoms with van der Waals surface area (Å²) in [5.74, 6) is 0.603. The van der Waals surface area contributed by atoms with Gasteiger partial charge in [0.15, 0.2) is 11.5 Å². The maximum Gasteiger partial charge on any atom is 0.270 e. The van der Waals surface area contributed by atoms with Gasteiger partial charge in [0.1, 0.15) is 0 Å². The minimum atomic E-state index is -2.27. The number of rotatable bonds is 5. The summed E-state index contributed by atoms with van der Waals surface area (Å²) >= 11 is -2.27. The van der Waals surface area contributed by atoms with Crippen molar-refractivity contribution in [2.24, 2.45) is 0 Å². The monoisotopic (exact) mass is 406 g/mol. The minimum Gasteiger partial charge on any atom is -0.772 e. The average molecular weight is 406 g/mol. The van der Waals surface area contributed by atoms with Gasteiger partial charge in [-0.3, -0.25) is 4.21 Å². The van der Waals surface area contributed by atoms with Gasteiger partial charge in [-0.25, -0.2) is 9.97 Å². The van der Waals surface area contributed by atoms with Crippen molar-refractivity contribution in [2.75, 3.05) is 5.73 Å². The van der Waals surface area contributed by atoms with Crippen LogP contribution in [0.1, 0.15) is 17.7 Å². The third-order valence-electron chi connectivity index (χ3n) is 4.41. The molecule has 0 saturated carbocycles. The van der Waals surface area contributed by atoms with Gasteiger partial charge in [-0.1, -0.05) is 42.5 Å². The highest BCUT2D eigenvalue weighted by Gasteiger charge is 2.19. The van der Waals surface area contributed by atoms with Crippen molar-refractivity contribution in [1.82, 2.24) is 20.2 Å². The molecule has 0 amide bonds. The van der Waals surface area contributed by atoms with Crippen LogP contribution in [0.15, 0.2) is 65.2 Å². The molecule has 0 spiro atoms. The van der Waals surface area contributed by atoms with E-state index in [0.29, 0.717) is 22.7 Å². The fourth-order valence-corrected chi connectivity index (χ4v) is 3.30. The Morgan fingerprint density at radius 2 is 1.72 bits per heavy atom. The molecule has 0 radical (unpaired) electrons. The Balaban J connectivity index is 1.77. The van der Waals surface area contributed by atoms with Crippen molar-refractivity contribution >= 4 is 16.9 Å². The third-order valence-corrected chi connectivity index (χ3v) is 5.24. The molecule has 29 heavy (non-hydrogen) atoms. The Kier molecular flexibility index (Phi) is 5.15. The Bertz CT molecular complexity index is 1180. The molecule has 4 rings (SSSR count). The first kappa shape index (κ1) is 18.9. The first-order chi connectivity index (χ1) is 14.0. The van der Waals surface area contributed by atoms with Crippen LogP contribution >= 0.6 is 0 Å². The number of hydrogen-bond acceptors (Lipinski definition) is 8. The smallest absolute Gasteiger partial charge is 0.270 e. The van der Waals surface area contributed by atoms with Gasteiger partial charge in [0.2, 0.25) is 5.89 Å². The highest BCUT2D eigenvalue weighted by molar-refractivity contribution is 7.79. The summed E-state index contributed by atoms with van der Waals surface area (Å²) in [6, 6.07) is 16.4. The Labute approximate surface area is 169 Å². The molecule has 2 N–H and O–H groups in total. The molecule has 2 heterocycles. The number of nitrogens with two attached hydrogens (primary N) is 1. The molecule has 0 aliphatic carbocycles. The quantitative estimate of drug-likeness (QED) is 0.499. The predicted octanol–water partition coefficient (Wildman–Crippen LogP) is 3.38. The maximum atomic E-state index is 11.5. The Morgan fingerprint density at radius 1 is 1.03 bits per heavy atom. The summed E-state index contributed by atoms with van der Waals surface area (Å²) in [5.41, 5.74) is 8.71. The van der Waals surface area contributed by atoms with Crippen LogP contribution in [0.25, 0.3) is 34.3 Å². The van der Waals surface area contributed by atoms with Gasteiger partial charge < -0.3 is 14.7 Å². The van der Waals surface area contributed by atoms with E-state index in [-0.39, 0.29) is 17.4 Å². The molecule has 2 aromatic carbocycles. The number of nitrogens with zero attached hydrogens (tertiary/aromatic N) is 4. The van der Waals surface area contributed by atoms with Crippen LogP contribution in [0.4, 0.5) is 5.82 Å². The topological polar surface area (TPSA) is 131 Å². The lowest BCUT2D eigenvalue weighted by Gasteiger charge is -2.18.